The first-order chi connectivity index (χ1) is 30.4. The summed E-state index contributed by atoms with van der Waals surface area (Å²) >= 11 is 0. The number of benzene rings is 7. The maximum atomic E-state index is 2.37. The van der Waals surface area contributed by atoms with Crippen molar-refractivity contribution in [1.29, 1.82) is 0 Å². The van der Waals surface area contributed by atoms with Crippen LogP contribution >= 0.6 is 0 Å². The van der Waals surface area contributed by atoms with E-state index in [1.165, 1.54) is 16.8 Å². The molecule has 1 atom stereocenters. The molecule has 7 aromatic carbocycles. The Hall–Kier alpha value is -7.56. The van der Waals surface area contributed by atoms with Crippen LogP contribution in [0.3, 0.4) is 0 Å². The van der Waals surface area contributed by atoms with Gasteiger partial charge in [-0.25, -0.2) is 0 Å². The van der Waals surface area contributed by atoms with Crippen molar-refractivity contribution in [1.82, 2.24) is 0 Å². The highest BCUT2D eigenvalue weighted by molar-refractivity contribution is 5.83. The van der Waals surface area contributed by atoms with E-state index in [4.69, 9.17) is 0 Å². The zero-order chi connectivity index (χ0) is 42.7. The molecule has 8 rings (SSSR count). The zero-order valence-corrected chi connectivity index (χ0v) is 36.1. The van der Waals surface area contributed by atoms with Gasteiger partial charge in [0.15, 0.2) is 0 Å². The average Bonchev–Trinajstić information content (AvgIpc) is 3.31. The molecule has 0 heterocycles. The van der Waals surface area contributed by atoms with Crippen molar-refractivity contribution in [3.8, 4) is 0 Å². The maximum Gasteiger partial charge on any atom is 0.0464 e. The summed E-state index contributed by atoms with van der Waals surface area (Å²) in [4.78, 5) is 9.26. The van der Waals surface area contributed by atoms with Gasteiger partial charge >= 0.3 is 0 Å². The third-order valence-corrected chi connectivity index (χ3v) is 11.0. The van der Waals surface area contributed by atoms with E-state index in [2.05, 4.69) is 271 Å². The van der Waals surface area contributed by atoms with Gasteiger partial charge in [0.05, 0.1) is 0 Å². The molecule has 0 N–H and O–H groups in total. The Morgan fingerprint density at radius 3 is 1.42 bits per heavy atom. The third kappa shape index (κ3) is 9.73. The van der Waals surface area contributed by atoms with Gasteiger partial charge in [-0.2, -0.15) is 0 Å². The molecule has 1 unspecified atom stereocenters. The summed E-state index contributed by atoms with van der Waals surface area (Å²) in [6, 6.07) is 67.2. The number of anilines is 10. The van der Waals surface area contributed by atoms with E-state index in [0.29, 0.717) is 5.92 Å². The molecule has 0 aromatic heterocycles. The molecule has 0 fully saturated rings. The molecule has 1 aliphatic carbocycles. The quantitative estimate of drug-likeness (QED) is 0.102. The van der Waals surface area contributed by atoms with Crippen LogP contribution in [0, 0.1) is 12.8 Å². The van der Waals surface area contributed by atoms with Crippen molar-refractivity contribution in [2.75, 3.05) is 19.6 Å². The van der Waals surface area contributed by atoms with Crippen molar-refractivity contribution >= 4 is 56.9 Å². The standard InChI is InChI=1S/C58H54N4/c1-5-6-18-45(2)41-42-59(48-21-10-7-11-22-48)49-29-31-52(32-30-49)60(53-33-37-55(38-34-53)61(50-23-12-8-13-24-50)57-27-16-19-46(3)43-57)54-35-39-56(40-36-54)62(51-25-14-9-15-26-51)58-28-17-20-47(4)44-58/h5-19,21-44,47H,20H2,1-4H3/b6-5-,42-41+,45-18-. The Morgan fingerprint density at radius 2 is 0.919 bits per heavy atom. The monoisotopic (exact) mass is 806 g/mol. The first-order valence-corrected chi connectivity index (χ1v) is 21.5. The van der Waals surface area contributed by atoms with Crippen molar-refractivity contribution in [3.05, 3.63) is 254 Å². The number of allylic oxidation sites excluding steroid dienone is 8. The highest BCUT2D eigenvalue weighted by atomic mass is 15.2. The van der Waals surface area contributed by atoms with Crippen LogP contribution in [0.15, 0.2) is 248 Å². The van der Waals surface area contributed by atoms with Crippen molar-refractivity contribution in [2.45, 2.75) is 34.1 Å². The number of rotatable bonds is 14. The Labute approximate surface area is 368 Å². The van der Waals surface area contributed by atoms with Crippen molar-refractivity contribution in [2.24, 2.45) is 5.92 Å². The van der Waals surface area contributed by atoms with E-state index in [1.807, 2.05) is 13.0 Å². The first-order valence-electron chi connectivity index (χ1n) is 21.5. The van der Waals surface area contributed by atoms with Gasteiger partial charge in [-0.1, -0.05) is 104 Å². The van der Waals surface area contributed by atoms with Gasteiger partial charge < -0.3 is 19.6 Å². The molecule has 4 nitrogen and oxygen atoms in total. The van der Waals surface area contributed by atoms with Gasteiger partial charge in [-0.15, -0.1) is 0 Å². The lowest BCUT2D eigenvalue weighted by Crippen LogP contribution is -2.18. The number of aryl methyl sites for hydroxylation is 1. The molecule has 0 radical (unpaired) electrons. The van der Waals surface area contributed by atoms with E-state index in [1.54, 1.807) is 0 Å². The van der Waals surface area contributed by atoms with Gasteiger partial charge in [0.1, 0.15) is 0 Å². The van der Waals surface area contributed by atoms with Gasteiger partial charge in [0.2, 0.25) is 0 Å². The summed E-state index contributed by atoms with van der Waals surface area (Å²) in [6.45, 7) is 8.59. The highest BCUT2D eigenvalue weighted by Crippen LogP contribution is 2.42. The van der Waals surface area contributed by atoms with Crippen LogP contribution in [0.1, 0.15) is 32.8 Å². The predicted molar refractivity (Wildman–Crippen MR) is 266 cm³/mol. The largest absolute Gasteiger partial charge is 0.317 e. The molecule has 7 aromatic rings. The third-order valence-electron chi connectivity index (χ3n) is 11.0. The summed E-state index contributed by atoms with van der Waals surface area (Å²) in [5.41, 5.74) is 14.5. The van der Waals surface area contributed by atoms with E-state index in [-0.39, 0.29) is 0 Å². The maximum absolute atomic E-state index is 2.37. The molecule has 306 valence electrons. The van der Waals surface area contributed by atoms with E-state index < -0.39 is 0 Å². The molecule has 0 saturated carbocycles. The smallest absolute Gasteiger partial charge is 0.0464 e. The molecular formula is C58H54N4. The van der Waals surface area contributed by atoms with Crippen molar-refractivity contribution < 1.29 is 0 Å². The van der Waals surface area contributed by atoms with Crippen molar-refractivity contribution in [3.63, 3.8) is 0 Å². The molecule has 0 bridgehead atoms. The molecule has 62 heavy (non-hydrogen) atoms. The summed E-state index contributed by atoms with van der Waals surface area (Å²) in [6.07, 6.45) is 18.5. The van der Waals surface area contributed by atoms with Crippen LogP contribution in [-0.4, -0.2) is 0 Å². The second kappa shape index (κ2) is 19.7. The zero-order valence-electron chi connectivity index (χ0n) is 36.1. The first kappa shape index (κ1) is 41.2. The second-order valence-electron chi connectivity index (χ2n) is 15.7. The molecular weight excluding hydrogens is 753 g/mol. The van der Waals surface area contributed by atoms with Gasteiger partial charge in [-0.3, -0.25) is 0 Å². The fourth-order valence-corrected chi connectivity index (χ4v) is 7.90. The highest BCUT2D eigenvalue weighted by Gasteiger charge is 2.20. The van der Waals surface area contributed by atoms with Gasteiger partial charge in [0, 0.05) is 68.8 Å². The number of para-hydroxylation sites is 3. The minimum atomic E-state index is 0.470. The molecule has 1 aliphatic rings. The summed E-state index contributed by atoms with van der Waals surface area (Å²) in [7, 11) is 0. The van der Waals surface area contributed by atoms with E-state index in [0.717, 1.165) is 63.3 Å². The predicted octanol–water partition coefficient (Wildman–Crippen LogP) is 16.7. The number of hydrogen-bond donors (Lipinski definition) is 0. The average molecular weight is 807 g/mol. The lowest BCUT2D eigenvalue weighted by molar-refractivity contribution is 0.726. The Balaban J connectivity index is 1.20. The van der Waals surface area contributed by atoms with Crippen LogP contribution in [0.5, 0.6) is 0 Å². The minimum Gasteiger partial charge on any atom is -0.317 e. The molecule has 0 saturated heterocycles. The summed E-state index contributed by atoms with van der Waals surface area (Å²) in [5.74, 6) is 0.470. The molecule has 0 amide bonds. The second-order valence-corrected chi connectivity index (χ2v) is 15.7. The Morgan fingerprint density at radius 1 is 0.500 bits per heavy atom. The fraction of sp³-hybridized carbons (Fsp3) is 0.103. The van der Waals surface area contributed by atoms with Crippen LogP contribution in [0.25, 0.3) is 0 Å². The van der Waals surface area contributed by atoms with Crippen LogP contribution < -0.4 is 19.6 Å². The lowest BCUT2D eigenvalue weighted by atomic mass is 10.00. The SMILES string of the molecule is C\C=C/C=C(C)\C=C\N(c1ccccc1)c1ccc(N(c2ccc(N(C3=CC(C)CC=C3)c3ccccc3)cc2)c2ccc(N(c3ccccc3)c3cccc(C)c3)cc2)cc1. The van der Waals surface area contributed by atoms with Gasteiger partial charge in [0.25, 0.3) is 0 Å². The number of hydrogen-bond acceptors (Lipinski definition) is 4. The topological polar surface area (TPSA) is 13.0 Å². The molecule has 0 aliphatic heterocycles. The van der Waals surface area contributed by atoms with Crippen LogP contribution in [-0.2, 0) is 0 Å². The molecule has 4 heteroatoms. The normalized spacial score (nSPS) is 13.9. The fourth-order valence-electron chi connectivity index (χ4n) is 7.90. The lowest BCUT2D eigenvalue weighted by Gasteiger charge is -2.31. The molecule has 0 spiro atoms. The van der Waals surface area contributed by atoms with E-state index >= 15 is 0 Å². The van der Waals surface area contributed by atoms with Gasteiger partial charge in [-0.05, 0) is 178 Å². The van der Waals surface area contributed by atoms with Crippen LogP contribution in [0.2, 0.25) is 0 Å². The minimum absolute atomic E-state index is 0.470. The summed E-state index contributed by atoms with van der Waals surface area (Å²) < 4.78 is 0. The summed E-state index contributed by atoms with van der Waals surface area (Å²) in [5, 5.41) is 0. The number of nitrogens with zero attached hydrogens (tertiary/aromatic N) is 4. The van der Waals surface area contributed by atoms with E-state index in [9.17, 15) is 0 Å². The van der Waals surface area contributed by atoms with Crippen LogP contribution in [0.4, 0.5) is 56.9 Å². The Bertz CT molecular complexity index is 2680. The Kier molecular flexibility index (Phi) is 13.1.